The minimum Gasteiger partial charge on any atom is -0.370 e. The van der Waals surface area contributed by atoms with E-state index in [1.54, 1.807) is 0 Å². The highest BCUT2D eigenvalue weighted by Crippen LogP contribution is 2.03. The molecule has 1 aromatic carbocycles. The summed E-state index contributed by atoms with van der Waals surface area (Å²) in [6, 6.07) is 8.13. The molecule has 1 rings (SSSR count). The Morgan fingerprint density at radius 2 is 1.94 bits per heavy atom. The van der Waals surface area contributed by atoms with Crippen molar-refractivity contribution in [2.24, 2.45) is 22.2 Å². The van der Waals surface area contributed by atoms with Crippen molar-refractivity contribution >= 4 is 5.96 Å². The van der Waals surface area contributed by atoms with E-state index in [4.69, 9.17) is 17.2 Å². The van der Waals surface area contributed by atoms with E-state index in [1.807, 2.05) is 18.2 Å². The van der Waals surface area contributed by atoms with E-state index in [1.165, 1.54) is 5.56 Å². The maximum absolute atomic E-state index is 5.57. The van der Waals surface area contributed by atoms with Gasteiger partial charge in [-0.2, -0.15) is 0 Å². The van der Waals surface area contributed by atoms with Crippen LogP contribution in [-0.4, -0.2) is 19.0 Å². The van der Waals surface area contributed by atoms with Crippen LogP contribution >= 0.6 is 0 Å². The Morgan fingerprint density at radius 3 is 2.65 bits per heavy atom. The molecule has 0 aliphatic rings. The van der Waals surface area contributed by atoms with Crippen LogP contribution in [0.25, 0.3) is 0 Å². The molecule has 1 aromatic rings. The Balaban J connectivity index is 2.19. The van der Waals surface area contributed by atoms with Crippen molar-refractivity contribution in [3.63, 3.8) is 0 Å². The summed E-state index contributed by atoms with van der Waals surface area (Å²) in [6.45, 7) is 2.52. The molecule has 0 amide bonds. The molecule has 8 N–H and O–H groups in total. The number of nitrogens with zero attached hydrogens (tertiary/aromatic N) is 1. The van der Waals surface area contributed by atoms with E-state index in [2.05, 4.69) is 21.9 Å². The first-order valence-corrected chi connectivity index (χ1v) is 5.51. The molecule has 0 aliphatic heterocycles. The molecule has 94 valence electrons. The van der Waals surface area contributed by atoms with Gasteiger partial charge in [0.2, 0.25) is 0 Å². The summed E-state index contributed by atoms with van der Waals surface area (Å²) in [5, 5.41) is 0. The Morgan fingerprint density at radius 1 is 1.18 bits per heavy atom. The van der Waals surface area contributed by atoms with Crippen LogP contribution in [0.3, 0.4) is 0 Å². The van der Waals surface area contributed by atoms with Gasteiger partial charge in [-0.3, -0.25) is 15.8 Å². The summed E-state index contributed by atoms with van der Waals surface area (Å²) in [5.74, 6) is 0.113. The zero-order chi connectivity index (χ0) is 12.5. The van der Waals surface area contributed by atoms with Crippen LogP contribution in [0.1, 0.15) is 11.1 Å². The summed E-state index contributed by atoms with van der Waals surface area (Å²) in [6.07, 6.45) is 0. The number of nitrogens with one attached hydrogen (secondary N) is 2. The van der Waals surface area contributed by atoms with E-state index in [0.29, 0.717) is 19.6 Å². The predicted molar refractivity (Wildman–Crippen MR) is 69.9 cm³/mol. The zero-order valence-electron chi connectivity index (χ0n) is 9.82. The summed E-state index contributed by atoms with van der Waals surface area (Å²) in [4.78, 5) is 3.85. The average Bonchev–Trinajstić information content (AvgIpc) is 2.33. The molecule has 0 saturated carbocycles. The molecule has 0 atom stereocenters. The molecule has 0 heterocycles. The Hall–Kier alpha value is -1.63. The maximum atomic E-state index is 5.57. The van der Waals surface area contributed by atoms with E-state index in [9.17, 15) is 0 Å². The lowest BCUT2D eigenvalue weighted by atomic mass is 10.1. The highest BCUT2D eigenvalue weighted by Gasteiger charge is 1.94. The van der Waals surface area contributed by atoms with Crippen LogP contribution in [0.5, 0.6) is 0 Å². The normalized spacial score (nSPS) is 10.2. The van der Waals surface area contributed by atoms with Gasteiger partial charge in [0.1, 0.15) is 0 Å². The van der Waals surface area contributed by atoms with Crippen LogP contribution in [0.15, 0.2) is 29.3 Å². The lowest BCUT2D eigenvalue weighted by molar-refractivity contribution is 0.538. The quantitative estimate of drug-likeness (QED) is 0.180. The molecule has 0 fully saturated rings. The molecular weight excluding hydrogens is 216 g/mol. The molecule has 0 bridgehead atoms. The van der Waals surface area contributed by atoms with Crippen LogP contribution in [0.4, 0.5) is 0 Å². The highest BCUT2D eigenvalue weighted by atomic mass is 15.3. The van der Waals surface area contributed by atoms with E-state index < -0.39 is 0 Å². The number of rotatable bonds is 7. The molecule has 6 nitrogen and oxygen atoms in total. The van der Waals surface area contributed by atoms with Gasteiger partial charge in [0.05, 0.1) is 6.54 Å². The van der Waals surface area contributed by atoms with Crippen molar-refractivity contribution in [2.75, 3.05) is 13.1 Å². The SMILES string of the molecule is NCc1cccc(CNNCCN=C(N)N)c1. The third-order valence-electron chi connectivity index (χ3n) is 2.18. The van der Waals surface area contributed by atoms with Gasteiger partial charge in [0.15, 0.2) is 5.96 Å². The van der Waals surface area contributed by atoms with Crippen molar-refractivity contribution in [1.29, 1.82) is 0 Å². The smallest absolute Gasteiger partial charge is 0.185 e. The third kappa shape index (κ3) is 5.86. The lowest BCUT2D eigenvalue weighted by Crippen LogP contribution is -2.34. The summed E-state index contributed by atoms with van der Waals surface area (Å²) in [7, 11) is 0. The second-order valence-corrected chi connectivity index (χ2v) is 3.61. The van der Waals surface area contributed by atoms with Gasteiger partial charge in [0.25, 0.3) is 0 Å². The Labute approximate surface area is 101 Å². The topological polar surface area (TPSA) is 114 Å². The van der Waals surface area contributed by atoms with Crippen molar-refractivity contribution in [3.8, 4) is 0 Å². The molecule has 0 aliphatic carbocycles. The van der Waals surface area contributed by atoms with Crippen molar-refractivity contribution in [3.05, 3.63) is 35.4 Å². The molecule has 0 radical (unpaired) electrons. The van der Waals surface area contributed by atoms with Gasteiger partial charge >= 0.3 is 0 Å². The van der Waals surface area contributed by atoms with Crippen LogP contribution in [0.2, 0.25) is 0 Å². The molecule has 0 saturated heterocycles. The molecular formula is C11H20N6. The summed E-state index contributed by atoms with van der Waals surface area (Å²) < 4.78 is 0. The van der Waals surface area contributed by atoms with Gasteiger partial charge in [-0.15, -0.1) is 0 Å². The fourth-order valence-electron chi connectivity index (χ4n) is 1.36. The standard InChI is InChI=1S/C11H20N6/c12-7-9-2-1-3-10(6-9)8-17-16-5-4-15-11(13)14/h1-3,6,16-17H,4-5,7-8,12H2,(H4,13,14,15). The number of aliphatic imine (C=N–C) groups is 1. The number of hydrogen-bond donors (Lipinski definition) is 5. The first-order valence-electron chi connectivity index (χ1n) is 5.51. The second-order valence-electron chi connectivity index (χ2n) is 3.61. The Bertz CT molecular complexity index is 359. The van der Waals surface area contributed by atoms with Gasteiger partial charge in [-0.25, -0.2) is 0 Å². The minimum atomic E-state index is 0.113. The Kier molecular flexibility index (Phi) is 6.02. The molecule has 0 unspecified atom stereocenters. The second kappa shape index (κ2) is 7.61. The average molecular weight is 236 g/mol. The minimum absolute atomic E-state index is 0.113. The third-order valence-corrected chi connectivity index (χ3v) is 2.18. The van der Waals surface area contributed by atoms with Crippen LogP contribution in [0, 0.1) is 0 Å². The molecule has 0 aromatic heterocycles. The summed E-state index contributed by atoms with van der Waals surface area (Å²) >= 11 is 0. The number of guanidine groups is 1. The summed E-state index contributed by atoms with van der Waals surface area (Å²) in [5.41, 5.74) is 24.4. The molecule has 17 heavy (non-hydrogen) atoms. The van der Waals surface area contributed by atoms with Crippen molar-refractivity contribution in [2.45, 2.75) is 13.1 Å². The maximum Gasteiger partial charge on any atom is 0.185 e. The fourth-order valence-corrected chi connectivity index (χ4v) is 1.36. The van der Waals surface area contributed by atoms with Crippen LogP contribution in [-0.2, 0) is 13.1 Å². The largest absolute Gasteiger partial charge is 0.370 e. The fraction of sp³-hybridized carbons (Fsp3) is 0.364. The number of nitrogens with two attached hydrogens (primary N) is 3. The van der Waals surface area contributed by atoms with Gasteiger partial charge in [-0.1, -0.05) is 24.3 Å². The number of hydrogen-bond acceptors (Lipinski definition) is 4. The number of benzene rings is 1. The highest BCUT2D eigenvalue weighted by molar-refractivity contribution is 5.75. The lowest BCUT2D eigenvalue weighted by Gasteiger charge is -2.07. The molecule has 0 spiro atoms. The monoisotopic (exact) mass is 236 g/mol. The van der Waals surface area contributed by atoms with Crippen molar-refractivity contribution < 1.29 is 0 Å². The van der Waals surface area contributed by atoms with Gasteiger partial charge in [-0.05, 0) is 11.1 Å². The molecule has 6 heteroatoms. The van der Waals surface area contributed by atoms with E-state index >= 15 is 0 Å². The van der Waals surface area contributed by atoms with Crippen LogP contribution < -0.4 is 28.1 Å². The van der Waals surface area contributed by atoms with E-state index in [-0.39, 0.29) is 5.96 Å². The van der Waals surface area contributed by atoms with Crippen molar-refractivity contribution in [1.82, 2.24) is 10.9 Å². The van der Waals surface area contributed by atoms with Gasteiger partial charge in [0, 0.05) is 19.6 Å². The van der Waals surface area contributed by atoms with E-state index in [0.717, 1.165) is 12.1 Å². The first-order chi connectivity index (χ1) is 8.22. The zero-order valence-corrected chi connectivity index (χ0v) is 9.82. The first kappa shape index (κ1) is 13.4. The van der Waals surface area contributed by atoms with Gasteiger partial charge < -0.3 is 17.2 Å². The number of hydrazine groups is 1. The predicted octanol–water partition coefficient (Wildman–Crippen LogP) is -0.987.